The second-order valence-corrected chi connectivity index (χ2v) is 8.03. The fourth-order valence-corrected chi connectivity index (χ4v) is 4.81. The third kappa shape index (κ3) is 4.72. The van der Waals surface area contributed by atoms with Gasteiger partial charge in [-0.25, -0.2) is 8.42 Å². The zero-order valence-corrected chi connectivity index (χ0v) is 17.0. The Morgan fingerprint density at radius 3 is 2.52 bits per heavy atom. The second kappa shape index (κ2) is 8.48. The number of sulfonamides is 1. The van der Waals surface area contributed by atoms with Crippen LogP contribution in [0.15, 0.2) is 4.90 Å². The van der Waals surface area contributed by atoms with E-state index in [-0.39, 0.29) is 29.3 Å². The van der Waals surface area contributed by atoms with Crippen molar-refractivity contribution in [1.29, 1.82) is 0 Å². The SMILES string of the molecule is CNC1CCCN(C(=O)C(C)NS(=O)(=O)c2c(C)nn(C)c2C)C1.Cl. The molecule has 1 aliphatic rings. The van der Waals surface area contributed by atoms with Crippen molar-refractivity contribution in [2.45, 2.75) is 50.6 Å². The van der Waals surface area contributed by atoms with Gasteiger partial charge >= 0.3 is 0 Å². The van der Waals surface area contributed by atoms with Gasteiger partial charge in [0.05, 0.1) is 17.4 Å². The Hall–Kier alpha value is -1.16. The zero-order valence-electron chi connectivity index (χ0n) is 15.4. The Morgan fingerprint density at radius 2 is 2.00 bits per heavy atom. The standard InChI is InChI=1S/C15H27N5O3S.ClH/c1-10-14(12(3)19(5)17-10)24(22,23)18-11(2)15(21)20-8-6-7-13(9-20)16-4;/h11,13,16,18H,6-9H2,1-5H3;1H. The predicted octanol–water partition coefficient (Wildman–Crippen LogP) is 0.336. The fraction of sp³-hybridized carbons (Fsp3) is 0.733. The van der Waals surface area contributed by atoms with E-state index >= 15 is 0 Å². The lowest BCUT2D eigenvalue weighted by molar-refractivity contribution is -0.133. The lowest BCUT2D eigenvalue weighted by Gasteiger charge is -2.34. The van der Waals surface area contributed by atoms with E-state index in [1.165, 1.54) is 4.68 Å². The summed E-state index contributed by atoms with van der Waals surface area (Å²) in [6, 6.07) is -0.557. The minimum Gasteiger partial charge on any atom is -0.340 e. The largest absolute Gasteiger partial charge is 0.340 e. The summed E-state index contributed by atoms with van der Waals surface area (Å²) >= 11 is 0. The van der Waals surface area contributed by atoms with Gasteiger partial charge in [0.25, 0.3) is 0 Å². The Balaban J connectivity index is 0.00000312. The average Bonchev–Trinajstić information content (AvgIpc) is 2.79. The van der Waals surface area contributed by atoms with Crippen LogP contribution in [0.4, 0.5) is 0 Å². The van der Waals surface area contributed by atoms with Crippen LogP contribution in [0.5, 0.6) is 0 Å². The van der Waals surface area contributed by atoms with E-state index < -0.39 is 16.1 Å². The van der Waals surface area contributed by atoms with Crippen LogP contribution in [0.2, 0.25) is 0 Å². The van der Waals surface area contributed by atoms with Crippen molar-refractivity contribution in [2.75, 3.05) is 20.1 Å². The molecule has 25 heavy (non-hydrogen) atoms. The summed E-state index contributed by atoms with van der Waals surface area (Å²) < 4.78 is 29.3. The molecule has 2 atom stereocenters. The molecule has 2 heterocycles. The highest BCUT2D eigenvalue weighted by molar-refractivity contribution is 7.89. The van der Waals surface area contributed by atoms with Gasteiger partial charge in [-0.1, -0.05) is 0 Å². The van der Waals surface area contributed by atoms with E-state index in [1.54, 1.807) is 32.7 Å². The highest BCUT2D eigenvalue weighted by Gasteiger charge is 2.31. The Morgan fingerprint density at radius 1 is 1.36 bits per heavy atom. The van der Waals surface area contributed by atoms with E-state index in [0.29, 0.717) is 24.5 Å². The molecule has 2 rings (SSSR count). The molecule has 0 bridgehead atoms. The first kappa shape index (κ1) is 21.9. The monoisotopic (exact) mass is 393 g/mol. The zero-order chi connectivity index (χ0) is 18.1. The van der Waals surface area contributed by atoms with Crippen molar-refractivity contribution < 1.29 is 13.2 Å². The van der Waals surface area contributed by atoms with E-state index in [9.17, 15) is 13.2 Å². The topological polar surface area (TPSA) is 96.3 Å². The number of hydrogen-bond donors (Lipinski definition) is 2. The number of amides is 1. The lowest BCUT2D eigenvalue weighted by atomic mass is 10.1. The van der Waals surface area contributed by atoms with Crippen molar-refractivity contribution in [2.24, 2.45) is 7.05 Å². The van der Waals surface area contributed by atoms with Crippen molar-refractivity contribution in [3.8, 4) is 0 Å². The molecule has 1 saturated heterocycles. The van der Waals surface area contributed by atoms with Crippen molar-refractivity contribution in [3.63, 3.8) is 0 Å². The van der Waals surface area contributed by atoms with Crippen LogP contribution in [-0.2, 0) is 21.9 Å². The van der Waals surface area contributed by atoms with E-state index in [2.05, 4.69) is 15.1 Å². The molecule has 2 unspecified atom stereocenters. The number of nitrogens with one attached hydrogen (secondary N) is 2. The average molecular weight is 394 g/mol. The predicted molar refractivity (Wildman–Crippen MR) is 98.4 cm³/mol. The first-order valence-corrected chi connectivity index (χ1v) is 9.64. The molecule has 8 nitrogen and oxygen atoms in total. The van der Waals surface area contributed by atoms with Gasteiger partial charge in [-0.05, 0) is 40.7 Å². The van der Waals surface area contributed by atoms with Crippen molar-refractivity contribution >= 4 is 28.3 Å². The number of aromatic nitrogens is 2. The number of rotatable bonds is 5. The number of carbonyl (C=O) groups excluding carboxylic acids is 1. The Labute approximate surface area is 155 Å². The van der Waals surface area contributed by atoms with Crippen LogP contribution in [0.25, 0.3) is 0 Å². The minimum atomic E-state index is -3.80. The second-order valence-electron chi connectivity index (χ2n) is 6.38. The maximum atomic E-state index is 12.7. The molecule has 10 heteroatoms. The van der Waals surface area contributed by atoms with Crippen LogP contribution in [-0.4, -0.2) is 61.2 Å². The molecule has 1 aromatic heterocycles. The smallest absolute Gasteiger partial charge is 0.244 e. The normalized spacial score (nSPS) is 19.4. The van der Waals surface area contributed by atoms with Gasteiger partial charge in [-0.3, -0.25) is 9.48 Å². The summed E-state index contributed by atoms with van der Waals surface area (Å²) in [6.07, 6.45) is 1.94. The number of aryl methyl sites for hydroxylation is 2. The molecular formula is C15H28ClN5O3S. The third-order valence-electron chi connectivity index (χ3n) is 4.56. The summed E-state index contributed by atoms with van der Waals surface area (Å²) in [6.45, 7) is 6.20. The molecule has 1 aliphatic heterocycles. The van der Waals surface area contributed by atoms with Crippen LogP contribution in [0.3, 0.4) is 0 Å². The Bertz CT molecular complexity index is 719. The summed E-state index contributed by atoms with van der Waals surface area (Å²) in [5.74, 6) is -0.197. The van der Waals surface area contributed by atoms with E-state index in [0.717, 1.165) is 12.8 Å². The molecule has 0 aromatic carbocycles. The van der Waals surface area contributed by atoms with Crippen molar-refractivity contribution in [3.05, 3.63) is 11.4 Å². The highest BCUT2D eigenvalue weighted by atomic mass is 35.5. The molecule has 2 N–H and O–H groups in total. The molecule has 0 spiro atoms. The molecular weight excluding hydrogens is 366 g/mol. The number of carbonyl (C=O) groups is 1. The van der Waals surface area contributed by atoms with E-state index in [4.69, 9.17) is 0 Å². The number of likely N-dealkylation sites (tertiary alicyclic amines) is 1. The lowest BCUT2D eigenvalue weighted by Crippen LogP contribution is -2.53. The molecule has 1 amide bonds. The first-order valence-electron chi connectivity index (χ1n) is 8.16. The van der Waals surface area contributed by atoms with Gasteiger partial charge in [0.1, 0.15) is 4.90 Å². The quantitative estimate of drug-likeness (QED) is 0.751. The number of hydrogen-bond acceptors (Lipinski definition) is 5. The maximum Gasteiger partial charge on any atom is 0.244 e. The molecule has 1 aromatic rings. The van der Waals surface area contributed by atoms with Gasteiger partial charge in [-0.15, -0.1) is 12.4 Å². The van der Waals surface area contributed by atoms with Crippen molar-refractivity contribution in [1.82, 2.24) is 24.7 Å². The Kier molecular flexibility index (Phi) is 7.42. The molecule has 0 radical (unpaired) electrons. The summed E-state index contributed by atoms with van der Waals surface area (Å²) in [4.78, 5) is 14.5. The van der Waals surface area contributed by atoms with Gasteiger partial charge < -0.3 is 10.2 Å². The van der Waals surface area contributed by atoms with Gasteiger partial charge in [0, 0.05) is 26.2 Å². The number of halogens is 1. The van der Waals surface area contributed by atoms with Gasteiger partial charge in [-0.2, -0.15) is 9.82 Å². The molecule has 144 valence electrons. The first-order chi connectivity index (χ1) is 11.2. The molecule has 1 fully saturated rings. The van der Waals surface area contributed by atoms with Crippen LogP contribution >= 0.6 is 12.4 Å². The van der Waals surface area contributed by atoms with Crippen LogP contribution < -0.4 is 10.0 Å². The number of nitrogens with zero attached hydrogens (tertiary/aromatic N) is 3. The molecule has 0 aliphatic carbocycles. The number of likely N-dealkylation sites (N-methyl/N-ethyl adjacent to an activating group) is 1. The number of piperidine rings is 1. The third-order valence-corrected chi connectivity index (χ3v) is 6.35. The van der Waals surface area contributed by atoms with Gasteiger partial charge in [0.2, 0.25) is 15.9 Å². The highest BCUT2D eigenvalue weighted by Crippen LogP contribution is 2.19. The van der Waals surface area contributed by atoms with Gasteiger partial charge in [0.15, 0.2) is 0 Å². The minimum absolute atomic E-state index is 0. The summed E-state index contributed by atoms with van der Waals surface area (Å²) in [7, 11) is -0.230. The maximum absolute atomic E-state index is 12.7. The molecule has 0 saturated carbocycles. The fourth-order valence-electron chi connectivity index (χ4n) is 3.17. The van der Waals surface area contributed by atoms with Crippen LogP contribution in [0, 0.1) is 13.8 Å². The summed E-state index contributed by atoms with van der Waals surface area (Å²) in [5.41, 5.74) is 0.975. The summed E-state index contributed by atoms with van der Waals surface area (Å²) in [5, 5.41) is 7.31. The van der Waals surface area contributed by atoms with Crippen LogP contribution in [0.1, 0.15) is 31.2 Å². The van der Waals surface area contributed by atoms with E-state index in [1.807, 2.05) is 7.05 Å².